The molecule has 2 N–H and O–H groups in total. The van der Waals surface area contributed by atoms with Crippen molar-refractivity contribution in [2.24, 2.45) is 0 Å². The zero-order valence-electron chi connectivity index (χ0n) is 6.65. The first-order valence-electron chi connectivity index (χ1n) is 3.42. The number of nitrogens with one attached hydrogen (secondary N) is 1. The summed E-state index contributed by atoms with van der Waals surface area (Å²) >= 11 is -1.79. The van der Waals surface area contributed by atoms with Crippen LogP contribution in [0, 0.1) is 0 Å². The van der Waals surface area contributed by atoms with Crippen molar-refractivity contribution >= 4 is 16.9 Å². The molecular weight excluding hydrogens is 176 g/mol. The average Bonchev–Trinajstić information content (AvgIpc) is 2.05. The number of rotatable bonds is 3. The molecule has 0 radical (unpaired) electrons. The lowest BCUT2D eigenvalue weighted by atomic mass is 10.3. The van der Waals surface area contributed by atoms with E-state index in [1.165, 1.54) is 0 Å². The SMILES string of the molecule is CNc1ccc(CS(=O)O)cn1. The third kappa shape index (κ3) is 2.60. The molecule has 1 rings (SSSR count). The molecule has 5 heteroatoms. The second-order valence-corrected chi connectivity index (χ2v) is 3.20. The second kappa shape index (κ2) is 4.18. The number of pyridine rings is 1. The molecule has 1 aromatic rings. The highest BCUT2D eigenvalue weighted by molar-refractivity contribution is 7.78. The average molecular weight is 186 g/mol. The monoisotopic (exact) mass is 186 g/mol. The minimum Gasteiger partial charge on any atom is -0.373 e. The minimum atomic E-state index is -1.79. The topological polar surface area (TPSA) is 62.2 Å². The normalized spacial score (nSPS) is 12.5. The Balaban J connectivity index is 2.71. The first-order chi connectivity index (χ1) is 5.72. The van der Waals surface area contributed by atoms with E-state index in [1.807, 2.05) is 0 Å². The standard InChI is InChI=1S/C7H10N2O2S/c1-8-7-3-2-6(4-9-7)5-12(10)11/h2-4H,5H2,1H3,(H,8,9)(H,10,11). The van der Waals surface area contributed by atoms with Gasteiger partial charge in [-0.15, -0.1) is 0 Å². The third-order valence-electron chi connectivity index (χ3n) is 1.37. The fourth-order valence-electron chi connectivity index (χ4n) is 0.800. The minimum absolute atomic E-state index is 0.136. The van der Waals surface area contributed by atoms with Gasteiger partial charge in [-0.25, -0.2) is 9.19 Å². The van der Waals surface area contributed by atoms with E-state index in [9.17, 15) is 4.21 Å². The predicted molar refractivity (Wildman–Crippen MR) is 48.3 cm³/mol. The molecule has 0 fully saturated rings. The molecule has 1 atom stereocenters. The Morgan fingerprint density at radius 3 is 2.83 bits per heavy atom. The fourth-order valence-corrected chi connectivity index (χ4v) is 1.26. The number of anilines is 1. The van der Waals surface area contributed by atoms with E-state index in [0.29, 0.717) is 0 Å². The Bertz CT molecular complexity index is 273. The van der Waals surface area contributed by atoms with Gasteiger partial charge < -0.3 is 9.87 Å². The van der Waals surface area contributed by atoms with Crippen LogP contribution in [0.1, 0.15) is 5.56 Å². The number of nitrogens with zero attached hydrogens (tertiary/aromatic N) is 1. The first kappa shape index (κ1) is 9.15. The Morgan fingerprint density at radius 2 is 2.42 bits per heavy atom. The molecule has 1 unspecified atom stereocenters. The number of aromatic nitrogens is 1. The Morgan fingerprint density at radius 1 is 1.67 bits per heavy atom. The van der Waals surface area contributed by atoms with Crippen LogP contribution in [-0.2, 0) is 16.8 Å². The Labute approximate surface area is 73.3 Å². The van der Waals surface area contributed by atoms with Gasteiger partial charge in [0.1, 0.15) is 5.82 Å². The third-order valence-corrected chi connectivity index (χ3v) is 1.95. The van der Waals surface area contributed by atoms with Crippen LogP contribution in [0.25, 0.3) is 0 Å². The molecular formula is C7H10N2O2S. The van der Waals surface area contributed by atoms with Crippen molar-refractivity contribution in [3.8, 4) is 0 Å². The maximum Gasteiger partial charge on any atom is 0.157 e. The van der Waals surface area contributed by atoms with Gasteiger partial charge in [0.2, 0.25) is 0 Å². The molecule has 0 amide bonds. The van der Waals surface area contributed by atoms with Crippen LogP contribution in [0.2, 0.25) is 0 Å². The lowest BCUT2D eigenvalue weighted by molar-refractivity contribution is 0.563. The fraction of sp³-hybridized carbons (Fsp3) is 0.286. The Hall–Kier alpha value is -0.940. The molecule has 0 saturated heterocycles. The van der Waals surface area contributed by atoms with E-state index >= 15 is 0 Å². The van der Waals surface area contributed by atoms with E-state index in [1.54, 1.807) is 25.4 Å². The van der Waals surface area contributed by atoms with Crippen LogP contribution in [0.3, 0.4) is 0 Å². The van der Waals surface area contributed by atoms with Gasteiger partial charge >= 0.3 is 0 Å². The molecule has 0 aliphatic carbocycles. The highest BCUT2D eigenvalue weighted by Gasteiger charge is 1.97. The molecule has 12 heavy (non-hydrogen) atoms. The molecule has 1 heterocycles. The zero-order chi connectivity index (χ0) is 8.97. The summed E-state index contributed by atoms with van der Waals surface area (Å²) in [4.78, 5) is 3.99. The largest absolute Gasteiger partial charge is 0.373 e. The predicted octanol–water partition coefficient (Wildman–Crippen LogP) is 0.845. The lowest BCUT2D eigenvalue weighted by Gasteiger charge is -1.99. The van der Waals surface area contributed by atoms with Crippen LogP contribution in [-0.4, -0.2) is 20.8 Å². The summed E-state index contributed by atoms with van der Waals surface area (Å²) in [6, 6.07) is 3.54. The van der Waals surface area contributed by atoms with Gasteiger partial charge in [-0.3, -0.25) is 0 Å². The highest BCUT2D eigenvalue weighted by Crippen LogP contribution is 2.05. The maximum atomic E-state index is 10.4. The summed E-state index contributed by atoms with van der Waals surface area (Å²) in [7, 11) is 1.77. The molecule has 0 bridgehead atoms. The van der Waals surface area contributed by atoms with Gasteiger partial charge in [-0.1, -0.05) is 6.07 Å². The second-order valence-electron chi connectivity index (χ2n) is 2.27. The van der Waals surface area contributed by atoms with Crippen LogP contribution >= 0.6 is 0 Å². The van der Waals surface area contributed by atoms with Crippen molar-refractivity contribution in [3.63, 3.8) is 0 Å². The van der Waals surface area contributed by atoms with E-state index in [0.717, 1.165) is 11.4 Å². The molecule has 1 aromatic heterocycles. The molecule has 0 aliphatic rings. The molecule has 0 aromatic carbocycles. The summed E-state index contributed by atoms with van der Waals surface area (Å²) in [6.45, 7) is 0. The van der Waals surface area contributed by atoms with E-state index in [-0.39, 0.29) is 5.75 Å². The van der Waals surface area contributed by atoms with Gasteiger partial charge in [0, 0.05) is 13.2 Å². The quantitative estimate of drug-likeness (QED) is 0.687. The van der Waals surface area contributed by atoms with Crippen molar-refractivity contribution in [1.82, 2.24) is 4.98 Å². The van der Waals surface area contributed by atoms with Gasteiger partial charge in [-0.05, 0) is 11.6 Å². The highest BCUT2D eigenvalue weighted by atomic mass is 32.2. The van der Waals surface area contributed by atoms with Crippen molar-refractivity contribution in [2.45, 2.75) is 5.75 Å². The van der Waals surface area contributed by atoms with Gasteiger partial charge in [0.15, 0.2) is 11.1 Å². The molecule has 0 spiro atoms. The van der Waals surface area contributed by atoms with E-state index < -0.39 is 11.1 Å². The van der Waals surface area contributed by atoms with Crippen molar-refractivity contribution in [3.05, 3.63) is 23.9 Å². The molecule has 0 aliphatic heterocycles. The van der Waals surface area contributed by atoms with Crippen LogP contribution < -0.4 is 5.32 Å². The van der Waals surface area contributed by atoms with Crippen LogP contribution in [0.4, 0.5) is 5.82 Å². The summed E-state index contributed by atoms with van der Waals surface area (Å²) < 4.78 is 19.0. The smallest absolute Gasteiger partial charge is 0.157 e. The van der Waals surface area contributed by atoms with Gasteiger partial charge in [0.25, 0.3) is 0 Å². The van der Waals surface area contributed by atoms with Gasteiger partial charge in [-0.2, -0.15) is 0 Å². The molecule has 66 valence electrons. The van der Waals surface area contributed by atoms with E-state index in [2.05, 4.69) is 10.3 Å². The van der Waals surface area contributed by atoms with Crippen LogP contribution in [0.5, 0.6) is 0 Å². The Kier molecular flexibility index (Phi) is 3.19. The van der Waals surface area contributed by atoms with E-state index in [4.69, 9.17) is 4.55 Å². The zero-order valence-corrected chi connectivity index (χ0v) is 7.47. The molecule has 4 nitrogen and oxygen atoms in total. The van der Waals surface area contributed by atoms with Crippen molar-refractivity contribution in [2.75, 3.05) is 12.4 Å². The first-order valence-corrected chi connectivity index (χ1v) is 4.70. The van der Waals surface area contributed by atoms with Crippen molar-refractivity contribution < 1.29 is 8.76 Å². The summed E-state index contributed by atoms with van der Waals surface area (Å²) in [6.07, 6.45) is 1.58. The van der Waals surface area contributed by atoms with Crippen LogP contribution in [0.15, 0.2) is 18.3 Å². The number of hydrogen-bond donors (Lipinski definition) is 2. The summed E-state index contributed by atoms with van der Waals surface area (Å²) in [5, 5.41) is 2.86. The summed E-state index contributed by atoms with van der Waals surface area (Å²) in [5.41, 5.74) is 0.759. The van der Waals surface area contributed by atoms with Gasteiger partial charge in [0.05, 0.1) is 5.75 Å². The van der Waals surface area contributed by atoms with Crippen molar-refractivity contribution in [1.29, 1.82) is 0 Å². The number of hydrogen-bond acceptors (Lipinski definition) is 3. The lowest BCUT2D eigenvalue weighted by Crippen LogP contribution is -1.96. The molecule has 0 saturated carbocycles. The summed E-state index contributed by atoms with van der Waals surface area (Å²) in [5.74, 6) is 0.888. The maximum absolute atomic E-state index is 10.4.